The molecule has 26 heavy (non-hydrogen) atoms. The molecule has 0 saturated heterocycles. The van der Waals surface area contributed by atoms with Gasteiger partial charge in [0.05, 0.1) is 19.2 Å². The molecule has 2 aromatic rings. The number of esters is 1. The Morgan fingerprint density at radius 3 is 2.23 bits per heavy atom. The number of ether oxygens (including phenoxy) is 1. The number of nitrogens with zero attached hydrogens (tertiary/aromatic N) is 1. The normalized spacial score (nSPS) is 10.2. The summed E-state index contributed by atoms with van der Waals surface area (Å²) >= 11 is 0. The lowest BCUT2D eigenvalue weighted by Crippen LogP contribution is -2.35. The van der Waals surface area contributed by atoms with E-state index in [1.165, 1.54) is 36.3 Å². The van der Waals surface area contributed by atoms with E-state index in [0.29, 0.717) is 11.1 Å². The third-order valence-electron chi connectivity index (χ3n) is 4.16. The molecule has 0 spiro atoms. The molecule has 2 amide bonds. The maximum atomic E-state index is 12.4. The summed E-state index contributed by atoms with van der Waals surface area (Å²) in [7, 11) is 2.85. The predicted molar refractivity (Wildman–Crippen MR) is 99.3 cm³/mol. The zero-order chi connectivity index (χ0) is 19.3. The smallest absolute Gasteiger partial charge is 0.337 e. The highest BCUT2D eigenvalue weighted by atomic mass is 16.5. The van der Waals surface area contributed by atoms with Crippen molar-refractivity contribution in [3.05, 3.63) is 64.7 Å². The number of methoxy groups -OCH3 is 1. The second-order valence-corrected chi connectivity index (χ2v) is 6.03. The monoisotopic (exact) mass is 354 g/mol. The van der Waals surface area contributed by atoms with Crippen molar-refractivity contribution in [3.8, 4) is 0 Å². The molecule has 0 atom stereocenters. The lowest BCUT2D eigenvalue weighted by atomic mass is 10.1. The molecular formula is C20H22N2O4. The second kappa shape index (κ2) is 8.29. The molecular weight excluding hydrogens is 332 g/mol. The van der Waals surface area contributed by atoms with Gasteiger partial charge in [-0.15, -0.1) is 0 Å². The van der Waals surface area contributed by atoms with E-state index < -0.39 is 5.97 Å². The van der Waals surface area contributed by atoms with Crippen LogP contribution in [-0.4, -0.2) is 43.4 Å². The summed E-state index contributed by atoms with van der Waals surface area (Å²) in [5.74, 6) is -1.05. The Balaban J connectivity index is 2.01. The fourth-order valence-electron chi connectivity index (χ4n) is 2.45. The van der Waals surface area contributed by atoms with Crippen LogP contribution in [0.2, 0.25) is 0 Å². The van der Waals surface area contributed by atoms with Crippen molar-refractivity contribution >= 4 is 23.5 Å². The van der Waals surface area contributed by atoms with Crippen molar-refractivity contribution < 1.29 is 19.1 Å². The zero-order valence-corrected chi connectivity index (χ0v) is 15.3. The Hall–Kier alpha value is -3.15. The van der Waals surface area contributed by atoms with Crippen LogP contribution in [0.5, 0.6) is 0 Å². The lowest BCUT2D eigenvalue weighted by Gasteiger charge is -2.18. The van der Waals surface area contributed by atoms with Crippen LogP contribution in [0.25, 0.3) is 0 Å². The summed E-state index contributed by atoms with van der Waals surface area (Å²) < 4.78 is 4.62. The topological polar surface area (TPSA) is 75.7 Å². The molecule has 0 saturated carbocycles. The first-order chi connectivity index (χ1) is 12.3. The summed E-state index contributed by atoms with van der Waals surface area (Å²) in [6.45, 7) is 3.83. The van der Waals surface area contributed by atoms with Crippen LogP contribution in [0.1, 0.15) is 31.8 Å². The van der Waals surface area contributed by atoms with E-state index in [0.717, 1.165) is 16.8 Å². The van der Waals surface area contributed by atoms with Gasteiger partial charge in [0, 0.05) is 18.3 Å². The Morgan fingerprint density at radius 1 is 1.00 bits per heavy atom. The first kappa shape index (κ1) is 19.2. The molecule has 0 aliphatic carbocycles. The minimum atomic E-state index is -0.467. The molecule has 1 N–H and O–H groups in total. The van der Waals surface area contributed by atoms with Gasteiger partial charge >= 0.3 is 5.97 Å². The number of aryl methyl sites for hydroxylation is 1. The number of carbonyl (C=O) groups excluding carboxylic acids is 3. The highest BCUT2D eigenvalue weighted by Gasteiger charge is 2.16. The summed E-state index contributed by atoms with van der Waals surface area (Å²) in [5, 5.41) is 2.83. The molecule has 0 bridgehead atoms. The Bertz CT molecular complexity index is 828. The van der Waals surface area contributed by atoms with Gasteiger partial charge in [-0.05, 0) is 55.3 Å². The largest absolute Gasteiger partial charge is 0.465 e. The van der Waals surface area contributed by atoms with Crippen LogP contribution < -0.4 is 5.32 Å². The van der Waals surface area contributed by atoms with Gasteiger partial charge in [0.15, 0.2) is 0 Å². The van der Waals surface area contributed by atoms with Crippen LogP contribution >= 0.6 is 0 Å². The number of nitrogens with one attached hydrogen (secondary N) is 1. The third kappa shape index (κ3) is 4.47. The third-order valence-corrected chi connectivity index (χ3v) is 4.16. The molecule has 0 radical (unpaired) electrons. The van der Waals surface area contributed by atoms with E-state index >= 15 is 0 Å². The molecule has 6 nitrogen and oxygen atoms in total. The fraction of sp³-hybridized carbons (Fsp3) is 0.250. The number of amides is 2. The van der Waals surface area contributed by atoms with Crippen molar-refractivity contribution in [1.82, 2.24) is 4.90 Å². The molecule has 0 aliphatic heterocycles. The van der Waals surface area contributed by atoms with Crippen LogP contribution in [0.3, 0.4) is 0 Å². The van der Waals surface area contributed by atoms with Gasteiger partial charge in [-0.25, -0.2) is 4.79 Å². The number of hydrogen-bond donors (Lipinski definition) is 1. The fourth-order valence-corrected chi connectivity index (χ4v) is 2.45. The maximum Gasteiger partial charge on any atom is 0.337 e. The van der Waals surface area contributed by atoms with Crippen LogP contribution in [0, 0.1) is 13.8 Å². The van der Waals surface area contributed by atoms with Gasteiger partial charge in [0.2, 0.25) is 5.91 Å². The Labute approximate surface area is 152 Å². The van der Waals surface area contributed by atoms with Crippen molar-refractivity contribution in [2.75, 3.05) is 26.0 Å². The van der Waals surface area contributed by atoms with Gasteiger partial charge in [0.1, 0.15) is 0 Å². The molecule has 136 valence electrons. The highest BCUT2D eigenvalue weighted by Crippen LogP contribution is 2.18. The van der Waals surface area contributed by atoms with Gasteiger partial charge in [0.25, 0.3) is 5.91 Å². The van der Waals surface area contributed by atoms with E-state index in [1.807, 2.05) is 32.0 Å². The first-order valence-corrected chi connectivity index (χ1v) is 8.13. The number of rotatable bonds is 5. The number of anilines is 1. The average Bonchev–Trinajstić information content (AvgIpc) is 2.64. The maximum absolute atomic E-state index is 12.4. The van der Waals surface area contributed by atoms with Crippen LogP contribution in [0.4, 0.5) is 5.69 Å². The summed E-state index contributed by atoms with van der Waals surface area (Å²) in [5.41, 5.74) is 3.56. The Morgan fingerprint density at radius 2 is 1.62 bits per heavy atom. The number of likely N-dealkylation sites (N-methyl/N-ethyl adjacent to an activating group) is 1. The zero-order valence-electron chi connectivity index (χ0n) is 15.3. The number of carbonyl (C=O) groups is 3. The molecule has 0 aromatic heterocycles. The molecule has 2 rings (SSSR count). The highest BCUT2D eigenvalue weighted by molar-refractivity contribution is 6.00. The second-order valence-electron chi connectivity index (χ2n) is 6.03. The predicted octanol–water partition coefficient (Wildman–Crippen LogP) is 2.80. The summed E-state index contributed by atoms with van der Waals surface area (Å²) in [6.07, 6.45) is 0. The number of benzene rings is 2. The summed E-state index contributed by atoms with van der Waals surface area (Å²) in [6, 6.07) is 11.8. The van der Waals surface area contributed by atoms with Gasteiger partial charge in [-0.2, -0.15) is 0 Å². The van der Waals surface area contributed by atoms with Crippen molar-refractivity contribution in [3.63, 3.8) is 0 Å². The average molecular weight is 354 g/mol. The minimum absolute atomic E-state index is 0.0784. The molecule has 6 heteroatoms. The van der Waals surface area contributed by atoms with Gasteiger partial charge in [-0.1, -0.05) is 12.1 Å². The quantitative estimate of drug-likeness (QED) is 0.838. The van der Waals surface area contributed by atoms with Crippen molar-refractivity contribution in [1.29, 1.82) is 0 Å². The standard InChI is InChI=1S/C20H22N2O4/c1-13-6-5-7-17(14(13)2)21-18(23)12-22(3)19(24)15-8-10-16(11-9-15)20(25)26-4/h5-11H,12H2,1-4H3,(H,21,23). The van der Waals surface area contributed by atoms with E-state index in [-0.39, 0.29) is 18.4 Å². The first-order valence-electron chi connectivity index (χ1n) is 8.13. The van der Waals surface area contributed by atoms with Crippen molar-refractivity contribution in [2.45, 2.75) is 13.8 Å². The lowest BCUT2D eigenvalue weighted by molar-refractivity contribution is -0.116. The molecule has 0 heterocycles. The van der Waals surface area contributed by atoms with E-state index in [4.69, 9.17) is 0 Å². The van der Waals surface area contributed by atoms with Crippen LogP contribution in [0.15, 0.2) is 42.5 Å². The SMILES string of the molecule is COC(=O)c1ccc(C(=O)N(C)CC(=O)Nc2cccc(C)c2C)cc1. The molecule has 0 fully saturated rings. The van der Waals surface area contributed by atoms with E-state index in [2.05, 4.69) is 10.1 Å². The minimum Gasteiger partial charge on any atom is -0.465 e. The molecule has 2 aromatic carbocycles. The molecule has 0 unspecified atom stereocenters. The van der Waals surface area contributed by atoms with Crippen LogP contribution in [-0.2, 0) is 9.53 Å². The summed E-state index contributed by atoms with van der Waals surface area (Å²) in [4.78, 5) is 37.4. The number of hydrogen-bond acceptors (Lipinski definition) is 4. The van der Waals surface area contributed by atoms with Crippen molar-refractivity contribution in [2.24, 2.45) is 0 Å². The van der Waals surface area contributed by atoms with Gasteiger partial charge < -0.3 is 15.0 Å². The van der Waals surface area contributed by atoms with E-state index in [1.54, 1.807) is 7.05 Å². The molecule has 0 aliphatic rings. The Kier molecular flexibility index (Phi) is 6.11. The van der Waals surface area contributed by atoms with E-state index in [9.17, 15) is 14.4 Å². The van der Waals surface area contributed by atoms with Gasteiger partial charge in [-0.3, -0.25) is 9.59 Å².